The van der Waals surface area contributed by atoms with Crippen molar-refractivity contribution < 1.29 is 54.2 Å². The highest BCUT2D eigenvalue weighted by Gasteiger charge is 3.00. The summed E-state index contributed by atoms with van der Waals surface area (Å²) in [6.07, 6.45) is -3.90. The molecule has 0 aliphatic heterocycles. The highest BCUT2D eigenvalue weighted by atomic mass is 19.4. The molecule has 2 aliphatic rings. The summed E-state index contributed by atoms with van der Waals surface area (Å²) in [5.74, 6) is -28.4. The number of ether oxygens (including phenoxy) is 1. The molecule has 0 amide bonds. The third-order valence-electron chi connectivity index (χ3n) is 4.76. The lowest BCUT2D eigenvalue weighted by molar-refractivity contribution is -0.303. The molecular formula is C14H15F9O3. The van der Waals surface area contributed by atoms with Crippen molar-refractivity contribution in [3.63, 3.8) is 0 Å². The van der Waals surface area contributed by atoms with Gasteiger partial charge in [0.25, 0.3) is 5.67 Å². The Morgan fingerprint density at radius 2 is 1.27 bits per heavy atom. The number of halogens is 9. The molecule has 3 nitrogen and oxygen atoms in total. The van der Waals surface area contributed by atoms with Crippen LogP contribution in [0.25, 0.3) is 0 Å². The predicted octanol–water partition coefficient (Wildman–Crippen LogP) is 3.88. The van der Waals surface area contributed by atoms with Gasteiger partial charge in [0, 0.05) is 6.42 Å². The van der Waals surface area contributed by atoms with Gasteiger partial charge in [-0.1, -0.05) is 6.42 Å². The third kappa shape index (κ3) is 2.58. The topological polar surface area (TPSA) is 46.5 Å². The smallest absolute Gasteiger partial charge is 0.381 e. The second-order valence-electron chi connectivity index (χ2n) is 6.52. The van der Waals surface area contributed by atoms with Gasteiger partial charge in [-0.05, 0) is 25.7 Å². The largest absolute Gasteiger partial charge is 0.460 e. The molecule has 0 saturated heterocycles. The molecule has 0 aromatic heterocycles. The molecule has 0 aromatic rings. The van der Waals surface area contributed by atoms with Crippen molar-refractivity contribution in [3.8, 4) is 0 Å². The summed E-state index contributed by atoms with van der Waals surface area (Å²) in [4.78, 5) is 11.6. The molecule has 0 bridgehead atoms. The van der Waals surface area contributed by atoms with Crippen LogP contribution >= 0.6 is 0 Å². The van der Waals surface area contributed by atoms with Gasteiger partial charge in [-0.25, -0.2) is 9.18 Å². The van der Waals surface area contributed by atoms with E-state index in [0.29, 0.717) is 25.7 Å². The fourth-order valence-corrected chi connectivity index (χ4v) is 3.12. The Labute approximate surface area is 141 Å². The predicted molar refractivity (Wildman–Crippen MR) is 67.2 cm³/mol. The first-order valence-corrected chi connectivity index (χ1v) is 7.72. The molecule has 1 unspecified atom stereocenters. The lowest BCUT2D eigenvalue weighted by atomic mass is 9.90. The van der Waals surface area contributed by atoms with Crippen LogP contribution < -0.4 is 0 Å². The summed E-state index contributed by atoms with van der Waals surface area (Å²) in [5, 5.41) is 9.41. The van der Waals surface area contributed by atoms with Crippen LogP contribution in [-0.4, -0.2) is 52.6 Å². The van der Waals surface area contributed by atoms with E-state index in [2.05, 4.69) is 4.74 Å². The van der Waals surface area contributed by atoms with Crippen LogP contribution in [0.15, 0.2) is 0 Å². The van der Waals surface area contributed by atoms with E-state index >= 15 is 0 Å². The van der Waals surface area contributed by atoms with Crippen molar-refractivity contribution in [2.75, 3.05) is 0 Å². The monoisotopic (exact) mass is 402 g/mol. The maximum Gasteiger partial charge on any atom is 0.381 e. The summed E-state index contributed by atoms with van der Waals surface area (Å²) in [7, 11) is 0. The fourth-order valence-electron chi connectivity index (χ4n) is 3.12. The van der Waals surface area contributed by atoms with Crippen LogP contribution in [0.1, 0.15) is 38.5 Å². The molecule has 0 radical (unpaired) electrons. The lowest BCUT2D eigenvalue weighted by Crippen LogP contribution is -2.57. The fraction of sp³-hybridized carbons (Fsp3) is 0.929. The van der Waals surface area contributed by atoms with Gasteiger partial charge in [0.05, 0.1) is 0 Å². The molecule has 2 rings (SSSR count). The van der Waals surface area contributed by atoms with Crippen LogP contribution in [0.4, 0.5) is 39.5 Å². The molecule has 2 aliphatic carbocycles. The van der Waals surface area contributed by atoms with E-state index in [1.807, 2.05) is 0 Å². The Bertz CT molecular complexity index is 532. The van der Waals surface area contributed by atoms with E-state index in [1.54, 1.807) is 0 Å². The van der Waals surface area contributed by atoms with Gasteiger partial charge in [-0.15, -0.1) is 0 Å². The van der Waals surface area contributed by atoms with E-state index in [9.17, 15) is 49.4 Å². The molecule has 0 spiro atoms. The van der Waals surface area contributed by atoms with Gasteiger partial charge in [-0.2, -0.15) is 35.1 Å². The van der Waals surface area contributed by atoms with Crippen LogP contribution in [-0.2, 0) is 9.53 Å². The minimum atomic E-state index is -6.73. The van der Waals surface area contributed by atoms with Gasteiger partial charge < -0.3 is 9.84 Å². The molecule has 0 heterocycles. The lowest BCUT2D eigenvalue weighted by Gasteiger charge is -2.32. The summed E-state index contributed by atoms with van der Waals surface area (Å²) < 4.78 is 125. The second-order valence-corrected chi connectivity index (χ2v) is 6.52. The number of aliphatic hydroxyl groups is 1. The second kappa shape index (κ2) is 6.16. The molecule has 1 atom stereocenters. The quantitative estimate of drug-likeness (QED) is 0.574. The van der Waals surface area contributed by atoms with Crippen LogP contribution in [0.5, 0.6) is 0 Å². The molecule has 2 fully saturated rings. The first-order chi connectivity index (χ1) is 11.6. The molecule has 1 N–H and O–H groups in total. The molecular weight excluding hydrogens is 387 g/mol. The van der Waals surface area contributed by atoms with Crippen LogP contribution in [0.3, 0.4) is 0 Å². The van der Waals surface area contributed by atoms with E-state index in [1.165, 1.54) is 0 Å². The van der Waals surface area contributed by atoms with Crippen molar-refractivity contribution in [2.24, 2.45) is 0 Å². The van der Waals surface area contributed by atoms with Crippen molar-refractivity contribution in [1.82, 2.24) is 0 Å². The van der Waals surface area contributed by atoms with E-state index in [-0.39, 0.29) is 0 Å². The average Bonchev–Trinajstić information content (AvgIpc) is 2.58. The summed E-state index contributed by atoms with van der Waals surface area (Å²) in [5.41, 5.74) is -5.86. The molecule has 0 aromatic carbocycles. The first-order valence-electron chi connectivity index (χ1n) is 7.72. The van der Waals surface area contributed by atoms with Crippen LogP contribution in [0.2, 0.25) is 0 Å². The molecule has 12 heteroatoms. The van der Waals surface area contributed by atoms with Gasteiger partial charge in [0.2, 0.25) is 0 Å². The zero-order valence-corrected chi connectivity index (χ0v) is 13.1. The van der Waals surface area contributed by atoms with Crippen molar-refractivity contribution >= 4 is 5.97 Å². The molecule has 2 saturated carbocycles. The van der Waals surface area contributed by atoms with E-state index < -0.39 is 54.0 Å². The van der Waals surface area contributed by atoms with Gasteiger partial charge >= 0.3 is 29.7 Å². The van der Waals surface area contributed by atoms with Crippen molar-refractivity contribution in [2.45, 2.75) is 80.1 Å². The van der Waals surface area contributed by atoms with Gasteiger partial charge in [0.1, 0.15) is 6.10 Å². The number of aliphatic hydroxyl groups excluding tert-OH is 1. The number of rotatable bonds is 4. The zero-order chi connectivity index (χ0) is 20.2. The summed E-state index contributed by atoms with van der Waals surface area (Å²) in [6, 6.07) is 0. The minimum absolute atomic E-state index is 0.307. The normalized spacial score (nSPS) is 29.9. The number of carbonyl (C=O) groups is 1. The molecule has 152 valence electrons. The number of alkyl halides is 9. The standard InChI is InChI=1S/C14H15F9O3/c15-10(6-8(24)9(25)26-7-4-2-1-3-5-7)11(16,17)13(20,21)14(22,23)12(10,18)19/h7-8,24H,1-6H2. The Balaban J connectivity index is 2.24. The first kappa shape index (κ1) is 21.1. The number of hydrogen-bond donors (Lipinski definition) is 1. The number of carbonyl (C=O) groups excluding carboxylic acids is 1. The van der Waals surface area contributed by atoms with Gasteiger partial charge in [-0.3, -0.25) is 0 Å². The summed E-state index contributed by atoms with van der Waals surface area (Å²) >= 11 is 0. The van der Waals surface area contributed by atoms with Gasteiger partial charge in [0.15, 0.2) is 6.10 Å². The zero-order valence-electron chi connectivity index (χ0n) is 13.1. The number of esters is 1. The maximum absolute atomic E-state index is 14.2. The highest BCUT2D eigenvalue weighted by Crippen LogP contribution is 2.70. The third-order valence-corrected chi connectivity index (χ3v) is 4.76. The Hall–Kier alpha value is -1.20. The van der Waals surface area contributed by atoms with Crippen molar-refractivity contribution in [1.29, 1.82) is 0 Å². The van der Waals surface area contributed by atoms with E-state index in [0.717, 1.165) is 6.42 Å². The molecule has 26 heavy (non-hydrogen) atoms. The highest BCUT2D eigenvalue weighted by molar-refractivity contribution is 5.74. The van der Waals surface area contributed by atoms with E-state index in [4.69, 9.17) is 0 Å². The Morgan fingerprint density at radius 1 is 0.846 bits per heavy atom. The maximum atomic E-state index is 14.2. The van der Waals surface area contributed by atoms with Crippen LogP contribution in [0, 0.1) is 0 Å². The van der Waals surface area contributed by atoms with Crippen molar-refractivity contribution in [3.05, 3.63) is 0 Å². The Kier molecular flexibility index (Phi) is 5.00. The summed E-state index contributed by atoms with van der Waals surface area (Å²) in [6.45, 7) is 0. The number of hydrogen-bond acceptors (Lipinski definition) is 3. The average molecular weight is 402 g/mol. The Morgan fingerprint density at radius 3 is 1.69 bits per heavy atom. The minimum Gasteiger partial charge on any atom is -0.460 e. The SMILES string of the molecule is O=C(OC1CCCCC1)C(O)CC1(F)C(F)(F)C(F)(F)C(F)(F)C1(F)F.